The summed E-state index contributed by atoms with van der Waals surface area (Å²) in [5.74, 6) is 0.465. The van der Waals surface area contributed by atoms with E-state index in [1.807, 2.05) is 0 Å². The van der Waals surface area contributed by atoms with E-state index in [4.69, 9.17) is 12.2 Å². The molecule has 0 spiro atoms. The molecule has 1 rings (SSSR count). The van der Waals surface area contributed by atoms with Crippen molar-refractivity contribution in [3.8, 4) is 0 Å². The molecule has 1 fully saturated rings. The lowest BCUT2D eigenvalue weighted by atomic mass is 10.2. The molecule has 0 aromatic heterocycles. The van der Waals surface area contributed by atoms with Gasteiger partial charge in [-0.15, -0.1) is 0 Å². The summed E-state index contributed by atoms with van der Waals surface area (Å²) in [4.78, 5) is 5.86. The third kappa shape index (κ3) is 4.91. The fraction of sp³-hybridized carbons (Fsp3) is 0.909. The normalized spacial score (nSPS) is 19.5. The van der Waals surface area contributed by atoms with Gasteiger partial charge in [0.2, 0.25) is 0 Å². The summed E-state index contributed by atoms with van der Waals surface area (Å²) in [6.07, 6.45) is 0. The second kappa shape index (κ2) is 6.40. The van der Waals surface area contributed by atoms with Crippen LogP contribution in [0.5, 0.6) is 0 Å². The Bertz CT molecular complexity index is 198. The molecule has 15 heavy (non-hydrogen) atoms. The molecule has 0 atom stereocenters. The Kier molecular flexibility index (Phi) is 5.50. The predicted molar refractivity (Wildman–Crippen MR) is 69.4 cm³/mol. The van der Waals surface area contributed by atoms with Crippen molar-refractivity contribution in [3.63, 3.8) is 0 Å². The lowest BCUT2D eigenvalue weighted by Crippen LogP contribution is -2.47. The van der Waals surface area contributed by atoms with Gasteiger partial charge in [-0.1, -0.05) is 26.1 Å². The van der Waals surface area contributed by atoms with Gasteiger partial charge in [-0.05, 0) is 7.05 Å². The topological polar surface area (TPSA) is 18.5 Å². The Balaban J connectivity index is 2.08. The molecule has 3 nitrogen and oxygen atoms in total. The first-order valence-corrected chi connectivity index (χ1v) is 6.19. The SMILES string of the molecule is CC(C)C(=S)NCCN1CCN(C)CC1. The summed E-state index contributed by atoms with van der Waals surface area (Å²) in [7, 11) is 2.18. The minimum atomic E-state index is 0.465. The minimum Gasteiger partial charge on any atom is -0.378 e. The van der Waals surface area contributed by atoms with Crippen LogP contribution in [0.2, 0.25) is 0 Å². The highest BCUT2D eigenvalue weighted by atomic mass is 32.1. The molecular weight excluding hydrogens is 206 g/mol. The number of hydrogen-bond acceptors (Lipinski definition) is 3. The Hall–Kier alpha value is -0.190. The Morgan fingerprint density at radius 2 is 1.87 bits per heavy atom. The number of nitrogens with zero attached hydrogens (tertiary/aromatic N) is 2. The van der Waals surface area contributed by atoms with Crippen molar-refractivity contribution in [2.75, 3.05) is 46.3 Å². The summed E-state index contributed by atoms with van der Waals surface area (Å²) in [6, 6.07) is 0. The van der Waals surface area contributed by atoms with Crippen LogP contribution in [0, 0.1) is 5.92 Å². The van der Waals surface area contributed by atoms with Gasteiger partial charge in [-0.25, -0.2) is 0 Å². The largest absolute Gasteiger partial charge is 0.378 e. The van der Waals surface area contributed by atoms with E-state index in [1.54, 1.807) is 0 Å². The lowest BCUT2D eigenvalue weighted by molar-refractivity contribution is 0.156. The van der Waals surface area contributed by atoms with Crippen molar-refractivity contribution in [2.24, 2.45) is 5.92 Å². The van der Waals surface area contributed by atoms with Gasteiger partial charge in [0, 0.05) is 45.2 Å². The third-order valence-corrected chi connectivity index (χ3v) is 3.46. The first kappa shape index (κ1) is 12.9. The van der Waals surface area contributed by atoms with Crippen molar-refractivity contribution in [3.05, 3.63) is 0 Å². The van der Waals surface area contributed by atoms with Crippen LogP contribution in [0.1, 0.15) is 13.8 Å². The van der Waals surface area contributed by atoms with E-state index in [0.29, 0.717) is 5.92 Å². The molecule has 0 amide bonds. The van der Waals surface area contributed by atoms with Gasteiger partial charge >= 0.3 is 0 Å². The number of piperazine rings is 1. The first-order chi connectivity index (χ1) is 7.09. The monoisotopic (exact) mass is 229 g/mol. The van der Waals surface area contributed by atoms with Crippen LogP contribution in [-0.2, 0) is 0 Å². The highest BCUT2D eigenvalue weighted by Crippen LogP contribution is 1.98. The zero-order chi connectivity index (χ0) is 11.3. The molecule has 0 unspecified atom stereocenters. The zero-order valence-electron chi connectivity index (χ0n) is 10.1. The van der Waals surface area contributed by atoms with Gasteiger partial charge in [0.05, 0.1) is 4.99 Å². The molecule has 0 radical (unpaired) electrons. The number of nitrogens with one attached hydrogen (secondary N) is 1. The predicted octanol–water partition coefficient (Wildman–Crippen LogP) is 0.807. The minimum absolute atomic E-state index is 0.465. The van der Waals surface area contributed by atoms with E-state index in [0.717, 1.165) is 18.1 Å². The molecule has 1 saturated heterocycles. The molecule has 1 aliphatic rings. The fourth-order valence-corrected chi connectivity index (χ4v) is 1.71. The molecule has 0 saturated carbocycles. The molecule has 88 valence electrons. The van der Waals surface area contributed by atoms with Crippen molar-refractivity contribution in [1.82, 2.24) is 15.1 Å². The van der Waals surface area contributed by atoms with Crippen molar-refractivity contribution in [2.45, 2.75) is 13.8 Å². The molecule has 0 bridgehead atoms. The maximum absolute atomic E-state index is 5.23. The van der Waals surface area contributed by atoms with Crippen LogP contribution in [-0.4, -0.2) is 61.1 Å². The number of rotatable bonds is 4. The fourth-order valence-electron chi connectivity index (χ4n) is 1.61. The van der Waals surface area contributed by atoms with Gasteiger partial charge in [-0.3, -0.25) is 4.90 Å². The second-order valence-electron chi connectivity index (χ2n) is 4.59. The molecule has 0 aliphatic carbocycles. The maximum atomic E-state index is 5.23. The molecule has 4 heteroatoms. The van der Waals surface area contributed by atoms with Crippen LogP contribution < -0.4 is 5.32 Å². The first-order valence-electron chi connectivity index (χ1n) is 5.78. The van der Waals surface area contributed by atoms with E-state index in [9.17, 15) is 0 Å². The van der Waals surface area contributed by atoms with Gasteiger partial charge in [0.25, 0.3) is 0 Å². The summed E-state index contributed by atoms with van der Waals surface area (Å²) in [5, 5.41) is 3.32. The number of hydrogen-bond donors (Lipinski definition) is 1. The Morgan fingerprint density at radius 1 is 1.27 bits per heavy atom. The molecule has 1 heterocycles. The quantitative estimate of drug-likeness (QED) is 0.719. The van der Waals surface area contributed by atoms with E-state index in [2.05, 4.69) is 36.0 Å². The van der Waals surface area contributed by atoms with Gasteiger partial charge in [0.1, 0.15) is 0 Å². The van der Waals surface area contributed by atoms with E-state index < -0.39 is 0 Å². The van der Waals surface area contributed by atoms with Crippen molar-refractivity contribution < 1.29 is 0 Å². The third-order valence-electron chi connectivity index (χ3n) is 2.85. The number of likely N-dealkylation sites (N-methyl/N-ethyl adjacent to an activating group) is 1. The Labute approximate surface area is 98.8 Å². The average molecular weight is 229 g/mol. The standard InChI is InChI=1S/C11H23N3S/c1-10(2)11(15)12-4-5-14-8-6-13(3)7-9-14/h10H,4-9H2,1-3H3,(H,12,15). The summed E-state index contributed by atoms with van der Waals surface area (Å²) < 4.78 is 0. The molecule has 1 N–H and O–H groups in total. The van der Waals surface area contributed by atoms with Gasteiger partial charge < -0.3 is 10.2 Å². The van der Waals surface area contributed by atoms with E-state index >= 15 is 0 Å². The zero-order valence-corrected chi connectivity index (χ0v) is 10.9. The molecule has 1 aliphatic heterocycles. The summed E-state index contributed by atoms with van der Waals surface area (Å²) in [5.41, 5.74) is 0. The molecular formula is C11H23N3S. The van der Waals surface area contributed by atoms with Crippen LogP contribution in [0.25, 0.3) is 0 Å². The van der Waals surface area contributed by atoms with Crippen LogP contribution in [0.15, 0.2) is 0 Å². The van der Waals surface area contributed by atoms with E-state index in [-0.39, 0.29) is 0 Å². The highest BCUT2D eigenvalue weighted by molar-refractivity contribution is 7.80. The molecule has 0 aromatic carbocycles. The summed E-state index contributed by atoms with van der Waals surface area (Å²) >= 11 is 5.23. The summed E-state index contributed by atoms with van der Waals surface area (Å²) in [6.45, 7) is 11.1. The Morgan fingerprint density at radius 3 is 2.40 bits per heavy atom. The van der Waals surface area contributed by atoms with Gasteiger partial charge in [0.15, 0.2) is 0 Å². The van der Waals surface area contributed by atoms with Crippen LogP contribution >= 0.6 is 12.2 Å². The molecule has 0 aromatic rings. The van der Waals surface area contributed by atoms with Gasteiger partial charge in [-0.2, -0.15) is 0 Å². The van der Waals surface area contributed by atoms with Crippen molar-refractivity contribution in [1.29, 1.82) is 0 Å². The van der Waals surface area contributed by atoms with Crippen LogP contribution in [0.3, 0.4) is 0 Å². The van der Waals surface area contributed by atoms with E-state index in [1.165, 1.54) is 26.2 Å². The smallest absolute Gasteiger partial charge is 0.0779 e. The average Bonchev–Trinajstić information content (AvgIpc) is 2.20. The highest BCUT2D eigenvalue weighted by Gasteiger charge is 2.12. The number of thiocarbonyl (C=S) groups is 1. The van der Waals surface area contributed by atoms with Crippen LogP contribution in [0.4, 0.5) is 0 Å². The maximum Gasteiger partial charge on any atom is 0.0779 e. The lowest BCUT2D eigenvalue weighted by Gasteiger charge is -2.32. The van der Waals surface area contributed by atoms with Crippen molar-refractivity contribution >= 4 is 17.2 Å². The second-order valence-corrected chi connectivity index (χ2v) is 5.03.